The summed E-state index contributed by atoms with van der Waals surface area (Å²) in [5.41, 5.74) is 2.12. The molecule has 0 radical (unpaired) electrons. The standard InChI is InChI=1S/C17H14O3/c18-13(16-14(19-16)11-7-3-1-4-8-11)17-15(20-17)12-9-5-2-6-10-12/h1-10,14-17H/t14-,15+,16-,17+. The van der Waals surface area contributed by atoms with Crippen LogP contribution >= 0.6 is 0 Å². The van der Waals surface area contributed by atoms with Crippen LogP contribution in [0.3, 0.4) is 0 Å². The van der Waals surface area contributed by atoms with E-state index >= 15 is 0 Å². The van der Waals surface area contributed by atoms with Crippen molar-refractivity contribution in [2.75, 3.05) is 0 Å². The topological polar surface area (TPSA) is 42.1 Å². The average molecular weight is 266 g/mol. The van der Waals surface area contributed by atoms with Crippen LogP contribution in [0, 0.1) is 0 Å². The maximum atomic E-state index is 12.3. The molecule has 0 amide bonds. The van der Waals surface area contributed by atoms with Gasteiger partial charge in [-0.2, -0.15) is 0 Å². The fourth-order valence-electron chi connectivity index (χ4n) is 2.61. The molecule has 2 aromatic rings. The van der Waals surface area contributed by atoms with E-state index in [1.807, 2.05) is 60.7 Å². The average Bonchev–Trinajstić information content (AvgIpc) is 3.40. The Balaban J connectivity index is 1.42. The summed E-state index contributed by atoms with van der Waals surface area (Å²) in [6.45, 7) is 0. The molecule has 2 aliphatic heterocycles. The van der Waals surface area contributed by atoms with Crippen molar-refractivity contribution in [1.82, 2.24) is 0 Å². The lowest BCUT2D eigenvalue weighted by Gasteiger charge is -1.95. The van der Waals surface area contributed by atoms with Gasteiger partial charge in [-0.3, -0.25) is 4.79 Å². The van der Waals surface area contributed by atoms with Crippen LogP contribution in [-0.2, 0) is 14.3 Å². The first kappa shape index (κ1) is 11.8. The second-order valence-electron chi connectivity index (χ2n) is 5.18. The molecule has 0 aliphatic carbocycles. The lowest BCUT2D eigenvalue weighted by molar-refractivity contribution is -0.121. The minimum absolute atomic E-state index is 0.0627. The van der Waals surface area contributed by atoms with Gasteiger partial charge in [0, 0.05) is 0 Å². The number of ether oxygens (including phenoxy) is 2. The van der Waals surface area contributed by atoms with E-state index in [9.17, 15) is 4.79 Å². The smallest absolute Gasteiger partial charge is 0.196 e. The van der Waals surface area contributed by atoms with Gasteiger partial charge in [-0.05, 0) is 11.1 Å². The fraction of sp³-hybridized carbons (Fsp3) is 0.235. The van der Waals surface area contributed by atoms with Gasteiger partial charge in [-0.25, -0.2) is 0 Å². The molecule has 2 fully saturated rings. The van der Waals surface area contributed by atoms with Crippen molar-refractivity contribution in [2.45, 2.75) is 24.4 Å². The van der Waals surface area contributed by atoms with E-state index in [4.69, 9.17) is 9.47 Å². The maximum Gasteiger partial charge on any atom is 0.196 e. The van der Waals surface area contributed by atoms with Crippen molar-refractivity contribution in [3.8, 4) is 0 Å². The van der Waals surface area contributed by atoms with Gasteiger partial charge < -0.3 is 9.47 Å². The minimum atomic E-state index is -0.337. The summed E-state index contributed by atoms with van der Waals surface area (Å²) in [5, 5.41) is 0. The SMILES string of the molecule is O=C([C@H]1O[C@@H]1c1ccccc1)[C@@H]1O[C@H]1c1ccccc1. The van der Waals surface area contributed by atoms with Crippen molar-refractivity contribution in [3.05, 3.63) is 71.8 Å². The molecule has 0 spiro atoms. The summed E-state index contributed by atoms with van der Waals surface area (Å²) < 4.78 is 11.0. The van der Waals surface area contributed by atoms with Crippen LogP contribution in [0.5, 0.6) is 0 Å². The Morgan fingerprint density at radius 3 is 1.50 bits per heavy atom. The number of rotatable bonds is 4. The molecule has 0 unspecified atom stereocenters. The second-order valence-corrected chi connectivity index (χ2v) is 5.18. The fourth-order valence-corrected chi connectivity index (χ4v) is 2.61. The largest absolute Gasteiger partial charge is 0.356 e. The molecule has 3 nitrogen and oxygen atoms in total. The number of carbonyl (C=O) groups excluding carboxylic acids is 1. The zero-order valence-corrected chi connectivity index (χ0v) is 10.8. The van der Waals surface area contributed by atoms with Crippen LogP contribution in [0.4, 0.5) is 0 Å². The summed E-state index contributed by atoms with van der Waals surface area (Å²) >= 11 is 0. The van der Waals surface area contributed by atoms with Gasteiger partial charge in [-0.15, -0.1) is 0 Å². The van der Waals surface area contributed by atoms with Crippen LogP contribution < -0.4 is 0 Å². The van der Waals surface area contributed by atoms with Gasteiger partial charge >= 0.3 is 0 Å². The minimum Gasteiger partial charge on any atom is -0.356 e. The van der Waals surface area contributed by atoms with Crippen LogP contribution in [0.25, 0.3) is 0 Å². The number of benzene rings is 2. The molecule has 0 aromatic heterocycles. The molecule has 0 saturated carbocycles. The molecule has 0 bridgehead atoms. The Labute approximate surface area is 117 Å². The number of ketones is 1. The Kier molecular flexibility index (Phi) is 2.69. The summed E-state index contributed by atoms with van der Waals surface area (Å²) in [6, 6.07) is 19.7. The first-order valence-corrected chi connectivity index (χ1v) is 6.79. The van der Waals surface area contributed by atoms with Crippen LogP contribution in [0.1, 0.15) is 23.3 Å². The lowest BCUT2D eigenvalue weighted by atomic mass is 10.0. The highest BCUT2D eigenvalue weighted by atomic mass is 16.6. The Morgan fingerprint density at radius 1 is 0.700 bits per heavy atom. The monoisotopic (exact) mass is 266 g/mol. The molecule has 4 atom stereocenters. The number of epoxide rings is 2. The third-order valence-electron chi connectivity index (χ3n) is 3.80. The number of Topliss-reactive ketones (excluding diaryl/α,β-unsaturated/α-hetero) is 1. The Hall–Kier alpha value is -1.97. The summed E-state index contributed by atoms with van der Waals surface area (Å²) in [5.74, 6) is 0.0627. The molecule has 2 aromatic carbocycles. The van der Waals surface area contributed by atoms with E-state index in [1.165, 1.54) is 0 Å². The molecule has 4 rings (SSSR count). The second kappa shape index (κ2) is 4.54. The number of carbonyl (C=O) groups is 1. The number of hydrogen-bond acceptors (Lipinski definition) is 3. The van der Waals surface area contributed by atoms with Gasteiger partial charge in [0.25, 0.3) is 0 Å². The third kappa shape index (κ3) is 2.05. The van der Waals surface area contributed by atoms with Crippen LogP contribution in [0.2, 0.25) is 0 Å². The highest BCUT2D eigenvalue weighted by Gasteiger charge is 2.56. The van der Waals surface area contributed by atoms with Crippen molar-refractivity contribution < 1.29 is 14.3 Å². The summed E-state index contributed by atoms with van der Waals surface area (Å²) in [7, 11) is 0. The molecule has 3 heteroatoms. The van der Waals surface area contributed by atoms with Crippen molar-refractivity contribution in [1.29, 1.82) is 0 Å². The highest BCUT2D eigenvalue weighted by Crippen LogP contribution is 2.46. The highest BCUT2D eigenvalue weighted by molar-refractivity contribution is 5.92. The van der Waals surface area contributed by atoms with E-state index < -0.39 is 0 Å². The van der Waals surface area contributed by atoms with Gasteiger partial charge in [-0.1, -0.05) is 60.7 Å². The molecule has 0 N–H and O–H groups in total. The van der Waals surface area contributed by atoms with E-state index in [0.29, 0.717) is 0 Å². The van der Waals surface area contributed by atoms with Gasteiger partial charge in [0.15, 0.2) is 5.78 Å². The van der Waals surface area contributed by atoms with Crippen LogP contribution in [-0.4, -0.2) is 18.0 Å². The zero-order chi connectivity index (χ0) is 13.5. The zero-order valence-electron chi connectivity index (χ0n) is 10.8. The predicted molar refractivity (Wildman–Crippen MR) is 73.1 cm³/mol. The predicted octanol–water partition coefficient (Wildman–Crippen LogP) is 2.84. The third-order valence-corrected chi connectivity index (χ3v) is 3.80. The molecular weight excluding hydrogens is 252 g/mol. The van der Waals surface area contributed by atoms with Crippen molar-refractivity contribution in [3.63, 3.8) is 0 Å². The van der Waals surface area contributed by atoms with Gasteiger partial charge in [0.2, 0.25) is 0 Å². The molecule has 2 saturated heterocycles. The first-order valence-electron chi connectivity index (χ1n) is 6.79. The summed E-state index contributed by atoms with van der Waals surface area (Å²) in [6.07, 6.45) is -0.860. The van der Waals surface area contributed by atoms with Gasteiger partial charge in [0.1, 0.15) is 24.4 Å². The van der Waals surface area contributed by atoms with Crippen molar-refractivity contribution in [2.24, 2.45) is 0 Å². The molecule has 100 valence electrons. The molecule has 2 heterocycles. The Bertz CT molecular complexity index is 568. The maximum absolute atomic E-state index is 12.3. The quantitative estimate of drug-likeness (QED) is 0.799. The molecule has 20 heavy (non-hydrogen) atoms. The van der Waals surface area contributed by atoms with E-state index in [2.05, 4.69) is 0 Å². The van der Waals surface area contributed by atoms with Gasteiger partial charge in [0.05, 0.1) is 0 Å². The lowest BCUT2D eigenvalue weighted by Crippen LogP contribution is -2.15. The molecule has 2 aliphatic rings. The Morgan fingerprint density at radius 2 is 1.10 bits per heavy atom. The normalized spacial score (nSPS) is 30.8. The van der Waals surface area contributed by atoms with E-state index in [0.717, 1.165) is 11.1 Å². The molecular formula is C17H14O3. The van der Waals surface area contributed by atoms with Crippen molar-refractivity contribution >= 4 is 5.78 Å². The van der Waals surface area contributed by atoms with E-state index in [-0.39, 0.29) is 30.2 Å². The summed E-state index contributed by atoms with van der Waals surface area (Å²) in [4.78, 5) is 12.3. The first-order chi connectivity index (χ1) is 9.84. The number of hydrogen-bond donors (Lipinski definition) is 0. The van der Waals surface area contributed by atoms with E-state index in [1.54, 1.807) is 0 Å². The van der Waals surface area contributed by atoms with Crippen LogP contribution in [0.15, 0.2) is 60.7 Å².